The molecule has 3 fully saturated rings. The van der Waals surface area contributed by atoms with E-state index in [-0.39, 0.29) is 5.91 Å². The topological polar surface area (TPSA) is 80.8 Å². The monoisotopic (exact) mass is 615 g/mol. The van der Waals surface area contributed by atoms with Gasteiger partial charge in [-0.25, -0.2) is 4.79 Å². The molecule has 2 aromatic carbocycles. The molecule has 1 heterocycles. The zero-order chi connectivity index (χ0) is 30.7. The summed E-state index contributed by atoms with van der Waals surface area (Å²) in [5, 5.41) is 2.59. The van der Waals surface area contributed by atoms with Gasteiger partial charge in [-0.3, -0.25) is 4.79 Å². The summed E-state index contributed by atoms with van der Waals surface area (Å²) < 4.78 is 16.2. The number of carbonyl (C=O) groups excluding carboxylic acids is 2. The van der Waals surface area contributed by atoms with E-state index in [1.54, 1.807) is 14.2 Å². The molecule has 3 aromatic rings. The minimum Gasteiger partial charge on any atom is -0.496 e. The second-order valence-corrected chi connectivity index (χ2v) is 13.8. The number of rotatable bonds is 9. The molecule has 3 saturated carbocycles. The summed E-state index contributed by atoms with van der Waals surface area (Å²) in [5.41, 5.74) is 4.53. The number of benzene rings is 2. The number of amides is 2. The smallest absolute Gasteiger partial charge is 0.407 e. The number of nitrogens with one attached hydrogen (secondary N) is 1. The van der Waals surface area contributed by atoms with Crippen molar-refractivity contribution in [3.63, 3.8) is 0 Å². The van der Waals surface area contributed by atoms with Crippen LogP contribution in [0.25, 0.3) is 10.4 Å². The highest BCUT2D eigenvalue weighted by Crippen LogP contribution is 2.43. The van der Waals surface area contributed by atoms with E-state index < -0.39 is 11.7 Å². The first-order valence-corrected chi connectivity index (χ1v) is 17.1. The molecule has 6 rings (SSSR count). The van der Waals surface area contributed by atoms with Crippen LogP contribution in [0.1, 0.15) is 99.3 Å². The van der Waals surface area contributed by atoms with Gasteiger partial charge in [0.15, 0.2) is 5.60 Å². The summed E-state index contributed by atoms with van der Waals surface area (Å²) in [4.78, 5) is 30.3. The molecule has 234 valence electrons. The lowest BCUT2D eigenvalue weighted by Gasteiger charge is -2.41. The first-order chi connectivity index (χ1) is 21.4. The molecular formula is C36H45N3O4S. The van der Waals surface area contributed by atoms with Crippen molar-refractivity contribution >= 4 is 29.2 Å². The zero-order valence-corrected chi connectivity index (χ0v) is 27.1. The highest BCUT2D eigenvalue weighted by molar-refractivity contribution is 7.09. The fraction of sp³-hybridized carbons (Fsp3) is 0.528. The molecule has 8 heteroatoms. The summed E-state index contributed by atoms with van der Waals surface area (Å²) in [6, 6.07) is 17.1. The lowest BCUT2D eigenvalue weighted by atomic mass is 9.77. The Balaban J connectivity index is 1.26. The first-order valence-electron chi connectivity index (χ1n) is 16.3. The lowest BCUT2D eigenvalue weighted by Crippen LogP contribution is -2.55. The van der Waals surface area contributed by atoms with Crippen molar-refractivity contribution in [1.82, 2.24) is 9.69 Å². The van der Waals surface area contributed by atoms with E-state index in [0.29, 0.717) is 37.1 Å². The number of hydrogen-bond donors (Lipinski definition) is 1. The molecule has 0 aliphatic heterocycles. The Hall–Kier alpha value is -3.39. The number of aryl methyl sites for hydroxylation is 1. The van der Waals surface area contributed by atoms with E-state index in [1.807, 2.05) is 17.0 Å². The number of aromatic nitrogens is 1. The van der Waals surface area contributed by atoms with Gasteiger partial charge >= 0.3 is 6.09 Å². The number of nitrogens with zero attached hydrogens (tertiary/aromatic N) is 2. The van der Waals surface area contributed by atoms with Crippen LogP contribution in [-0.2, 0) is 9.53 Å². The second kappa shape index (κ2) is 13.3. The molecule has 1 N–H and O–H groups in total. The van der Waals surface area contributed by atoms with E-state index >= 15 is 0 Å². The molecule has 0 spiro atoms. The molecule has 0 radical (unpaired) electrons. The summed E-state index contributed by atoms with van der Waals surface area (Å²) in [7, 11) is 3.27. The van der Waals surface area contributed by atoms with Crippen LogP contribution in [0.5, 0.6) is 5.75 Å². The van der Waals surface area contributed by atoms with E-state index in [9.17, 15) is 9.59 Å². The quantitative estimate of drug-likeness (QED) is 0.262. The van der Waals surface area contributed by atoms with Gasteiger partial charge in [0.25, 0.3) is 5.91 Å². The normalized spacial score (nSPS) is 21.3. The number of anilines is 1. The van der Waals surface area contributed by atoms with Gasteiger partial charge in [0, 0.05) is 25.2 Å². The van der Waals surface area contributed by atoms with Gasteiger partial charge in [-0.05, 0) is 135 Å². The molecule has 44 heavy (non-hydrogen) atoms. The molecule has 1 aromatic heterocycles. The van der Waals surface area contributed by atoms with E-state index in [0.717, 1.165) is 66.8 Å². The maximum absolute atomic E-state index is 14.7. The van der Waals surface area contributed by atoms with Gasteiger partial charge in [0.1, 0.15) is 5.75 Å². The number of hydrogen-bond acceptors (Lipinski definition) is 6. The Morgan fingerprint density at radius 2 is 1.73 bits per heavy atom. The third kappa shape index (κ3) is 6.65. The molecule has 2 amide bonds. The van der Waals surface area contributed by atoms with Crippen molar-refractivity contribution in [1.29, 1.82) is 0 Å². The highest BCUT2D eigenvalue weighted by Gasteiger charge is 2.46. The Morgan fingerprint density at radius 3 is 2.41 bits per heavy atom. The fourth-order valence-electron chi connectivity index (χ4n) is 7.18. The Labute approximate surface area is 265 Å². The molecular weight excluding hydrogens is 570 g/mol. The molecule has 7 nitrogen and oxygen atoms in total. The van der Waals surface area contributed by atoms with Crippen LogP contribution in [0.2, 0.25) is 0 Å². The van der Waals surface area contributed by atoms with Gasteiger partial charge in [0.05, 0.1) is 17.7 Å². The third-order valence-corrected chi connectivity index (χ3v) is 10.8. The van der Waals surface area contributed by atoms with Crippen LogP contribution in [0, 0.1) is 12.8 Å². The van der Waals surface area contributed by atoms with E-state index in [1.165, 1.54) is 41.2 Å². The lowest BCUT2D eigenvalue weighted by molar-refractivity contribution is -0.140. The van der Waals surface area contributed by atoms with Crippen LogP contribution in [0.15, 0.2) is 48.5 Å². The predicted octanol–water partition coefficient (Wildman–Crippen LogP) is 8.37. The Bertz CT molecular complexity index is 1470. The Morgan fingerprint density at radius 1 is 0.977 bits per heavy atom. The van der Waals surface area contributed by atoms with Gasteiger partial charge in [-0.2, -0.15) is 4.37 Å². The van der Waals surface area contributed by atoms with Gasteiger partial charge < -0.3 is 19.7 Å². The van der Waals surface area contributed by atoms with Crippen LogP contribution in [0.4, 0.5) is 10.5 Å². The largest absolute Gasteiger partial charge is 0.496 e. The van der Waals surface area contributed by atoms with Crippen LogP contribution < -0.4 is 15.0 Å². The highest BCUT2D eigenvalue weighted by atomic mass is 32.1. The minimum atomic E-state index is -1.14. The molecule has 0 bridgehead atoms. The van der Waals surface area contributed by atoms with Crippen molar-refractivity contribution in [2.75, 3.05) is 25.6 Å². The van der Waals surface area contributed by atoms with Crippen molar-refractivity contribution in [2.45, 2.75) is 95.0 Å². The van der Waals surface area contributed by atoms with Crippen LogP contribution >= 0.6 is 11.5 Å². The number of methoxy groups -OCH3 is 1. The third-order valence-electron chi connectivity index (χ3n) is 9.93. The molecule has 0 saturated heterocycles. The first kappa shape index (κ1) is 30.6. The zero-order valence-electron chi connectivity index (χ0n) is 26.3. The summed E-state index contributed by atoms with van der Waals surface area (Å²) in [5.74, 6) is 2.32. The molecule has 0 unspecified atom stereocenters. The number of ether oxygens (including phenoxy) is 2. The fourth-order valence-corrected chi connectivity index (χ4v) is 7.99. The second-order valence-electron chi connectivity index (χ2n) is 13.0. The van der Waals surface area contributed by atoms with E-state index in [4.69, 9.17) is 13.8 Å². The average Bonchev–Trinajstić information content (AvgIpc) is 3.79. The summed E-state index contributed by atoms with van der Waals surface area (Å²) >= 11 is 1.54. The van der Waals surface area contributed by atoms with Crippen LogP contribution in [-0.4, -0.2) is 42.7 Å². The SMILES string of the molecule is CNC(=O)OC1(C(=O)N(CC2CCC(c3ccc(OC)c(C)c3)CC2)c2cccc(-c3cc(C4CC4)ns3)c2)CCCCC1. The minimum absolute atomic E-state index is 0.0890. The molecule has 0 atom stereocenters. The summed E-state index contributed by atoms with van der Waals surface area (Å²) in [6.45, 7) is 2.72. The van der Waals surface area contributed by atoms with Gasteiger partial charge in [0.2, 0.25) is 0 Å². The summed E-state index contributed by atoms with van der Waals surface area (Å²) in [6.07, 6.45) is 10.1. The van der Waals surface area contributed by atoms with Crippen molar-refractivity contribution in [3.05, 3.63) is 65.4 Å². The Kier molecular flexibility index (Phi) is 9.26. The maximum atomic E-state index is 14.7. The van der Waals surface area contributed by atoms with Gasteiger partial charge in [-0.1, -0.05) is 30.7 Å². The van der Waals surface area contributed by atoms with Crippen LogP contribution in [0.3, 0.4) is 0 Å². The van der Waals surface area contributed by atoms with Gasteiger partial charge in [-0.15, -0.1) is 0 Å². The average molecular weight is 616 g/mol. The van der Waals surface area contributed by atoms with Crippen molar-refractivity contribution in [3.8, 4) is 16.2 Å². The standard InChI is InChI=1S/C36H45N3O4S/c1-24-20-28(16-17-32(24)42-3)26-12-10-25(11-13-26)23-39(34(40)36(43-35(41)37-2)18-5-4-6-19-36)30-9-7-8-29(21-30)33-22-31(38-44-33)27-14-15-27/h7-9,16-17,20-22,25-27H,4-6,10-15,18-19,23H2,1-3H3,(H,37,41). The predicted molar refractivity (Wildman–Crippen MR) is 176 cm³/mol. The number of carbonyl (C=O) groups is 2. The maximum Gasteiger partial charge on any atom is 0.407 e. The van der Waals surface area contributed by atoms with Crippen molar-refractivity contribution < 1.29 is 19.1 Å². The molecule has 3 aliphatic carbocycles. The number of alkyl carbamates (subject to hydrolysis) is 1. The van der Waals surface area contributed by atoms with Crippen molar-refractivity contribution in [2.24, 2.45) is 5.92 Å². The molecule has 3 aliphatic rings. The van der Waals surface area contributed by atoms with E-state index in [2.05, 4.69) is 48.6 Å².